The minimum Gasteiger partial charge on any atom is -0.366 e. The first kappa shape index (κ1) is 14.8. The number of halogens is 1. The molecule has 2 aromatic rings. The number of likely N-dealkylation sites (tertiary alicyclic amines) is 1. The average molecular weight is 320 g/mol. The van der Waals surface area contributed by atoms with Crippen LogP contribution in [0.5, 0.6) is 0 Å². The van der Waals surface area contributed by atoms with E-state index in [-0.39, 0.29) is 5.91 Å². The Morgan fingerprint density at radius 3 is 2.77 bits per heavy atom. The average Bonchev–Trinajstić information content (AvgIpc) is 2.87. The zero-order chi connectivity index (χ0) is 15.5. The molecular formula is C15H18ClN5O. The molecule has 1 aliphatic rings. The highest BCUT2D eigenvalue weighted by Crippen LogP contribution is 2.19. The third kappa shape index (κ3) is 3.22. The van der Waals surface area contributed by atoms with Crippen molar-refractivity contribution in [2.45, 2.75) is 18.9 Å². The summed E-state index contributed by atoms with van der Waals surface area (Å²) in [7, 11) is 1.83. The molecule has 6 nitrogen and oxygen atoms in total. The SMILES string of the molecule is Cn1cc(Cl)cc1C(=O)N1CCC(Nc2cccnn2)CC1. The van der Waals surface area contributed by atoms with Gasteiger partial charge in [0.25, 0.3) is 5.91 Å². The Morgan fingerprint density at radius 2 is 2.18 bits per heavy atom. The van der Waals surface area contributed by atoms with Crippen LogP contribution in [-0.4, -0.2) is 44.7 Å². The summed E-state index contributed by atoms with van der Waals surface area (Å²) in [6, 6.07) is 5.79. The molecule has 1 N–H and O–H groups in total. The van der Waals surface area contributed by atoms with Crippen LogP contribution in [0.25, 0.3) is 0 Å². The molecule has 3 heterocycles. The normalized spacial score (nSPS) is 15.8. The molecule has 22 heavy (non-hydrogen) atoms. The van der Waals surface area contributed by atoms with E-state index in [4.69, 9.17) is 11.6 Å². The van der Waals surface area contributed by atoms with Crippen molar-refractivity contribution in [1.82, 2.24) is 19.7 Å². The zero-order valence-corrected chi connectivity index (χ0v) is 13.1. The van der Waals surface area contributed by atoms with E-state index in [1.54, 1.807) is 23.0 Å². The number of rotatable bonds is 3. The zero-order valence-electron chi connectivity index (χ0n) is 12.4. The molecule has 116 valence electrons. The molecule has 0 bridgehead atoms. The summed E-state index contributed by atoms with van der Waals surface area (Å²) >= 11 is 5.95. The molecule has 1 fully saturated rings. The van der Waals surface area contributed by atoms with Gasteiger partial charge in [-0.1, -0.05) is 11.6 Å². The minimum atomic E-state index is 0.0346. The van der Waals surface area contributed by atoms with Crippen LogP contribution < -0.4 is 5.32 Å². The molecule has 0 spiro atoms. The Bertz CT molecular complexity index is 649. The number of amides is 1. The lowest BCUT2D eigenvalue weighted by molar-refractivity contribution is 0.0709. The van der Waals surface area contributed by atoms with Gasteiger partial charge in [-0.05, 0) is 31.0 Å². The van der Waals surface area contributed by atoms with Crippen LogP contribution in [0, 0.1) is 0 Å². The molecule has 0 aromatic carbocycles. The van der Waals surface area contributed by atoms with E-state index in [2.05, 4.69) is 15.5 Å². The maximum atomic E-state index is 12.5. The van der Waals surface area contributed by atoms with Crippen molar-refractivity contribution in [3.63, 3.8) is 0 Å². The van der Waals surface area contributed by atoms with Crippen molar-refractivity contribution < 1.29 is 4.79 Å². The number of hydrogen-bond acceptors (Lipinski definition) is 4. The van der Waals surface area contributed by atoms with Gasteiger partial charge < -0.3 is 14.8 Å². The van der Waals surface area contributed by atoms with Gasteiger partial charge in [0.15, 0.2) is 0 Å². The number of nitrogens with one attached hydrogen (secondary N) is 1. The summed E-state index contributed by atoms with van der Waals surface area (Å²) in [5.74, 6) is 0.814. The van der Waals surface area contributed by atoms with Crippen LogP contribution in [0.15, 0.2) is 30.6 Å². The van der Waals surface area contributed by atoms with E-state index in [0.29, 0.717) is 16.8 Å². The first-order chi connectivity index (χ1) is 10.6. The van der Waals surface area contributed by atoms with E-state index in [1.165, 1.54) is 0 Å². The Balaban J connectivity index is 1.57. The van der Waals surface area contributed by atoms with Crippen LogP contribution in [0.3, 0.4) is 0 Å². The Morgan fingerprint density at radius 1 is 1.41 bits per heavy atom. The molecule has 0 aliphatic carbocycles. The quantitative estimate of drug-likeness (QED) is 0.942. The Hall–Kier alpha value is -2.08. The molecule has 0 saturated carbocycles. The number of anilines is 1. The van der Waals surface area contributed by atoms with E-state index in [9.17, 15) is 4.79 Å². The molecule has 0 atom stereocenters. The Kier molecular flexibility index (Phi) is 4.29. The molecule has 2 aromatic heterocycles. The van der Waals surface area contributed by atoms with Gasteiger partial charge in [0.2, 0.25) is 0 Å². The summed E-state index contributed by atoms with van der Waals surface area (Å²) in [5.41, 5.74) is 0.630. The van der Waals surface area contributed by atoms with Crippen molar-refractivity contribution >= 4 is 23.3 Å². The predicted octanol–water partition coefficient (Wildman–Crippen LogP) is 2.19. The van der Waals surface area contributed by atoms with Crippen molar-refractivity contribution in [3.8, 4) is 0 Å². The first-order valence-electron chi connectivity index (χ1n) is 7.29. The molecular weight excluding hydrogens is 302 g/mol. The highest BCUT2D eigenvalue weighted by atomic mass is 35.5. The molecule has 3 rings (SSSR count). The number of piperidine rings is 1. The molecule has 1 saturated heterocycles. The maximum absolute atomic E-state index is 12.5. The van der Waals surface area contributed by atoms with E-state index >= 15 is 0 Å². The molecule has 7 heteroatoms. The number of nitrogens with zero attached hydrogens (tertiary/aromatic N) is 4. The van der Waals surface area contributed by atoms with Crippen molar-refractivity contribution in [2.24, 2.45) is 7.05 Å². The van der Waals surface area contributed by atoms with Crippen molar-refractivity contribution in [3.05, 3.63) is 41.3 Å². The van der Waals surface area contributed by atoms with Gasteiger partial charge in [0.1, 0.15) is 11.5 Å². The highest BCUT2D eigenvalue weighted by Gasteiger charge is 2.25. The Labute approximate surface area is 134 Å². The topological polar surface area (TPSA) is 63.1 Å². The summed E-state index contributed by atoms with van der Waals surface area (Å²) in [6.45, 7) is 1.44. The molecule has 0 radical (unpaired) electrons. The second-order valence-electron chi connectivity index (χ2n) is 5.47. The predicted molar refractivity (Wildman–Crippen MR) is 85.0 cm³/mol. The molecule has 1 aliphatic heterocycles. The van der Waals surface area contributed by atoms with E-state index in [0.717, 1.165) is 31.7 Å². The van der Waals surface area contributed by atoms with Gasteiger partial charge in [-0.2, -0.15) is 5.10 Å². The number of carbonyl (C=O) groups excluding carboxylic acids is 1. The fourth-order valence-corrected chi connectivity index (χ4v) is 2.96. The highest BCUT2D eigenvalue weighted by molar-refractivity contribution is 6.31. The van der Waals surface area contributed by atoms with Crippen LogP contribution in [0.4, 0.5) is 5.82 Å². The number of aryl methyl sites for hydroxylation is 1. The smallest absolute Gasteiger partial charge is 0.270 e. The molecule has 0 unspecified atom stereocenters. The summed E-state index contributed by atoms with van der Waals surface area (Å²) < 4.78 is 1.77. The summed E-state index contributed by atoms with van der Waals surface area (Å²) in [5, 5.41) is 11.8. The lowest BCUT2D eigenvalue weighted by Gasteiger charge is -2.32. The largest absolute Gasteiger partial charge is 0.366 e. The van der Waals surface area contributed by atoms with Gasteiger partial charge in [0, 0.05) is 38.6 Å². The van der Waals surface area contributed by atoms with E-state index < -0.39 is 0 Å². The second-order valence-corrected chi connectivity index (χ2v) is 5.91. The standard InChI is InChI=1S/C15H18ClN5O/c1-20-10-11(16)9-13(20)15(22)21-7-4-12(5-8-21)18-14-3-2-6-17-19-14/h2-3,6,9-10,12H,4-5,7-8H2,1H3,(H,18,19). The van der Waals surface area contributed by atoms with Gasteiger partial charge in [-0.3, -0.25) is 4.79 Å². The maximum Gasteiger partial charge on any atom is 0.270 e. The number of hydrogen-bond donors (Lipinski definition) is 1. The monoisotopic (exact) mass is 319 g/mol. The van der Waals surface area contributed by atoms with Gasteiger partial charge >= 0.3 is 0 Å². The number of aromatic nitrogens is 3. The van der Waals surface area contributed by atoms with Gasteiger partial charge in [-0.15, -0.1) is 5.10 Å². The van der Waals surface area contributed by atoms with Gasteiger partial charge in [0.05, 0.1) is 5.02 Å². The van der Waals surface area contributed by atoms with Gasteiger partial charge in [-0.25, -0.2) is 0 Å². The first-order valence-corrected chi connectivity index (χ1v) is 7.66. The van der Waals surface area contributed by atoms with Crippen LogP contribution in [0.2, 0.25) is 5.02 Å². The summed E-state index contributed by atoms with van der Waals surface area (Å²) in [4.78, 5) is 14.4. The van der Waals surface area contributed by atoms with Crippen LogP contribution in [-0.2, 0) is 7.05 Å². The van der Waals surface area contributed by atoms with Crippen molar-refractivity contribution in [2.75, 3.05) is 18.4 Å². The fraction of sp³-hybridized carbons (Fsp3) is 0.400. The fourth-order valence-electron chi connectivity index (χ4n) is 2.71. The lowest BCUT2D eigenvalue weighted by atomic mass is 10.0. The molecule has 1 amide bonds. The van der Waals surface area contributed by atoms with E-state index in [1.807, 2.05) is 24.1 Å². The summed E-state index contributed by atoms with van der Waals surface area (Å²) in [6.07, 6.45) is 5.18. The minimum absolute atomic E-state index is 0.0346. The lowest BCUT2D eigenvalue weighted by Crippen LogP contribution is -2.43. The third-order valence-corrected chi connectivity index (χ3v) is 4.10. The van der Waals surface area contributed by atoms with Crippen LogP contribution >= 0.6 is 11.6 Å². The third-order valence-electron chi connectivity index (χ3n) is 3.90. The van der Waals surface area contributed by atoms with Crippen LogP contribution in [0.1, 0.15) is 23.3 Å². The second kappa shape index (κ2) is 6.36. The number of carbonyl (C=O) groups is 1. The van der Waals surface area contributed by atoms with Crippen molar-refractivity contribution in [1.29, 1.82) is 0 Å².